The Morgan fingerprint density at radius 1 is 1.52 bits per heavy atom. The summed E-state index contributed by atoms with van der Waals surface area (Å²) >= 11 is 0. The van der Waals surface area contributed by atoms with Crippen LogP contribution in [0.3, 0.4) is 0 Å². The Morgan fingerprint density at radius 3 is 2.91 bits per heavy atom. The van der Waals surface area contributed by atoms with Crippen molar-refractivity contribution in [2.75, 3.05) is 26.2 Å². The first kappa shape index (κ1) is 20.0. The minimum atomic E-state index is -4.15. The van der Waals surface area contributed by atoms with Crippen molar-refractivity contribution in [3.05, 3.63) is 18.0 Å². The minimum absolute atomic E-state index is 0. The molecule has 0 saturated carbocycles. The minimum Gasteiger partial charge on any atom is -0.364 e. The summed E-state index contributed by atoms with van der Waals surface area (Å²) in [5.74, 6) is 0.573. The van der Waals surface area contributed by atoms with Crippen LogP contribution in [-0.4, -0.2) is 54.4 Å². The van der Waals surface area contributed by atoms with E-state index in [2.05, 4.69) is 20.8 Å². The molecule has 1 unspecified atom stereocenters. The third-order valence-corrected chi connectivity index (χ3v) is 3.25. The predicted octanol–water partition coefficient (Wildman–Crippen LogP) is 1.98. The summed E-state index contributed by atoms with van der Waals surface area (Å²) in [6.07, 6.45) is -2.03. The second-order valence-corrected chi connectivity index (χ2v) is 5.17. The third-order valence-electron chi connectivity index (χ3n) is 3.25. The van der Waals surface area contributed by atoms with Crippen LogP contribution in [-0.2, 0) is 6.54 Å². The highest BCUT2D eigenvalue weighted by atomic mass is 127. The lowest BCUT2D eigenvalue weighted by Gasteiger charge is -2.19. The molecular weight excluding hydrogens is 426 g/mol. The molecule has 10 heteroatoms. The van der Waals surface area contributed by atoms with Crippen LogP contribution in [0.25, 0.3) is 0 Å². The Morgan fingerprint density at radius 2 is 2.30 bits per heavy atom. The first-order chi connectivity index (χ1) is 10.5. The summed E-state index contributed by atoms with van der Waals surface area (Å²) < 4.78 is 41.9. The number of nitrogens with zero attached hydrogens (tertiary/aromatic N) is 3. The van der Waals surface area contributed by atoms with Crippen molar-refractivity contribution >= 4 is 29.9 Å². The highest BCUT2D eigenvalue weighted by Crippen LogP contribution is 2.19. The molecule has 2 rings (SSSR count). The van der Waals surface area contributed by atoms with Gasteiger partial charge < -0.3 is 15.2 Å². The van der Waals surface area contributed by atoms with E-state index in [1.165, 1.54) is 11.2 Å². The van der Waals surface area contributed by atoms with E-state index < -0.39 is 12.7 Å². The number of hydrogen-bond acceptors (Lipinski definition) is 4. The molecule has 0 radical (unpaired) electrons. The lowest BCUT2D eigenvalue weighted by molar-refractivity contribution is -0.143. The van der Waals surface area contributed by atoms with Gasteiger partial charge in [-0.25, -0.2) is 4.99 Å². The van der Waals surface area contributed by atoms with Gasteiger partial charge >= 0.3 is 6.18 Å². The fourth-order valence-electron chi connectivity index (χ4n) is 2.34. The van der Waals surface area contributed by atoms with Crippen molar-refractivity contribution < 1.29 is 17.7 Å². The van der Waals surface area contributed by atoms with E-state index in [0.717, 1.165) is 0 Å². The van der Waals surface area contributed by atoms with E-state index in [-0.39, 0.29) is 30.0 Å². The number of guanidine groups is 1. The summed E-state index contributed by atoms with van der Waals surface area (Å²) in [5.41, 5.74) is 0.697. The molecule has 6 nitrogen and oxygen atoms in total. The topological polar surface area (TPSA) is 65.7 Å². The van der Waals surface area contributed by atoms with Crippen LogP contribution < -0.4 is 10.6 Å². The summed E-state index contributed by atoms with van der Waals surface area (Å²) in [7, 11) is 0. The van der Waals surface area contributed by atoms with Gasteiger partial charge in [0.1, 0.15) is 12.0 Å². The summed E-state index contributed by atoms with van der Waals surface area (Å²) in [6, 6.07) is 1.67. The van der Waals surface area contributed by atoms with Crippen molar-refractivity contribution in [2.24, 2.45) is 4.99 Å². The van der Waals surface area contributed by atoms with Crippen molar-refractivity contribution in [1.29, 1.82) is 0 Å². The first-order valence-corrected chi connectivity index (χ1v) is 7.19. The number of hydrogen-bond donors (Lipinski definition) is 2. The molecule has 2 heterocycles. The first-order valence-electron chi connectivity index (χ1n) is 7.19. The van der Waals surface area contributed by atoms with Crippen molar-refractivity contribution in [1.82, 2.24) is 20.7 Å². The van der Waals surface area contributed by atoms with Crippen LogP contribution >= 0.6 is 24.0 Å². The molecule has 1 fully saturated rings. The zero-order valence-corrected chi connectivity index (χ0v) is 15.1. The van der Waals surface area contributed by atoms with Crippen LogP contribution in [0.2, 0.25) is 0 Å². The molecule has 132 valence electrons. The Kier molecular flexibility index (Phi) is 8.09. The maximum Gasteiger partial charge on any atom is 0.401 e. The molecular formula is C13H21F3IN5O. The number of nitrogens with one attached hydrogen (secondary N) is 2. The smallest absolute Gasteiger partial charge is 0.364 e. The van der Waals surface area contributed by atoms with Crippen LogP contribution in [0.15, 0.2) is 21.8 Å². The standard InChI is InChI=1S/C13H20F3N5O.HI/c1-2-17-12(18-7-10-4-6-22-20-10)19-11-3-5-21(8-11)9-13(14,15)16;/h4,6,11H,2-3,5,7-9H2,1H3,(H2,17,18,19);1H. The maximum absolute atomic E-state index is 12.4. The SMILES string of the molecule is CCNC(=NCc1ccon1)NC1CCN(CC(F)(F)F)C1.I. The molecule has 2 N–H and O–H groups in total. The molecule has 0 bridgehead atoms. The third kappa shape index (κ3) is 7.38. The number of halogens is 4. The average molecular weight is 447 g/mol. The van der Waals surface area contributed by atoms with Gasteiger partial charge in [-0.3, -0.25) is 4.90 Å². The fourth-order valence-corrected chi connectivity index (χ4v) is 2.34. The Bertz CT molecular complexity index is 480. The number of aromatic nitrogens is 1. The monoisotopic (exact) mass is 447 g/mol. The molecule has 1 aliphatic rings. The lowest BCUT2D eigenvalue weighted by Crippen LogP contribution is -2.45. The van der Waals surface area contributed by atoms with Crippen molar-refractivity contribution in [2.45, 2.75) is 32.1 Å². The molecule has 0 aliphatic carbocycles. The van der Waals surface area contributed by atoms with Gasteiger partial charge in [-0.2, -0.15) is 13.2 Å². The maximum atomic E-state index is 12.4. The summed E-state index contributed by atoms with van der Waals surface area (Å²) in [5, 5.41) is 10.0. The van der Waals surface area contributed by atoms with E-state index in [0.29, 0.717) is 44.3 Å². The Balaban J connectivity index is 0.00000264. The van der Waals surface area contributed by atoms with Gasteiger partial charge in [0.05, 0.1) is 13.1 Å². The predicted molar refractivity (Wildman–Crippen MR) is 90.8 cm³/mol. The molecule has 0 aromatic carbocycles. The molecule has 0 spiro atoms. The molecule has 1 saturated heterocycles. The van der Waals surface area contributed by atoms with Crippen LogP contribution in [0, 0.1) is 0 Å². The second-order valence-electron chi connectivity index (χ2n) is 5.17. The van der Waals surface area contributed by atoms with E-state index in [1.54, 1.807) is 6.07 Å². The van der Waals surface area contributed by atoms with Gasteiger partial charge in [0.2, 0.25) is 0 Å². The van der Waals surface area contributed by atoms with Gasteiger partial charge in [0.15, 0.2) is 5.96 Å². The number of rotatable bonds is 5. The highest BCUT2D eigenvalue weighted by Gasteiger charge is 2.34. The molecule has 1 aromatic heterocycles. The van der Waals surface area contributed by atoms with Crippen LogP contribution in [0.5, 0.6) is 0 Å². The molecule has 1 aliphatic heterocycles. The Labute approximate surface area is 149 Å². The largest absolute Gasteiger partial charge is 0.401 e. The zero-order valence-electron chi connectivity index (χ0n) is 12.8. The van der Waals surface area contributed by atoms with Crippen LogP contribution in [0.4, 0.5) is 13.2 Å². The van der Waals surface area contributed by atoms with Gasteiger partial charge in [0.25, 0.3) is 0 Å². The van der Waals surface area contributed by atoms with E-state index in [9.17, 15) is 13.2 Å². The number of alkyl halides is 3. The van der Waals surface area contributed by atoms with E-state index in [4.69, 9.17) is 4.52 Å². The van der Waals surface area contributed by atoms with E-state index >= 15 is 0 Å². The number of aliphatic imine (C=N–C) groups is 1. The number of likely N-dealkylation sites (tertiary alicyclic amines) is 1. The lowest BCUT2D eigenvalue weighted by atomic mass is 10.3. The molecule has 1 aromatic rings. The highest BCUT2D eigenvalue weighted by molar-refractivity contribution is 14.0. The van der Waals surface area contributed by atoms with Gasteiger partial charge in [-0.1, -0.05) is 5.16 Å². The average Bonchev–Trinajstić information content (AvgIpc) is 3.06. The van der Waals surface area contributed by atoms with Crippen molar-refractivity contribution in [3.63, 3.8) is 0 Å². The van der Waals surface area contributed by atoms with Gasteiger partial charge in [0, 0.05) is 31.7 Å². The van der Waals surface area contributed by atoms with Gasteiger partial charge in [-0.05, 0) is 13.3 Å². The fraction of sp³-hybridized carbons (Fsp3) is 0.692. The summed E-state index contributed by atoms with van der Waals surface area (Å²) in [6.45, 7) is 2.87. The zero-order chi connectivity index (χ0) is 16.0. The second kappa shape index (κ2) is 9.30. The van der Waals surface area contributed by atoms with E-state index in [1.807, 2.05) is 6.92 Å². The Hall–Kier alpha value is -1.04. The quantitative estimate of drug-likeness (QED) is 0.411. The normalized spacial score (nSPS) is 19.5. The van der Waals surface area contributed by atoms with Gasteiger partial charge in [-0.15, -0.1) is 24.0 Å². The molecule has 0 amide bonds. The van der Waals surface area contributed by atoms with Crippen molar-refractivity contribution in [3.8, 4) is 0 Å². The molecule has 23 heavy (non-hydrogen) atoms. The molecule has 1 atom stereocenters. The van der Waals surface area contributed by atoms with Crippen LogP contribution in [0.1, 0.15) is 19.0 Å². The summed E-state index contributed by atoms with van der Waals surface area (Å²) in [4.78, 5) is 5.75.